The van der Waals surface area contributed by atoms with Crippen molar-refractivity contribution in [1.29, 1.82) is 0 Å². The number of likely N-dealkylation sites (tertiary alicyclic amines) is 1. The van der Waals surface area contributed by atoms with E-state index in [4.69, 9.17) is 9.47 Å². The Morgan fingerprint density at radius 2 is 1.60 bits per heavy atom. The van der Waals surface area contributed by atoms with Crippen LogP contribution in [0.25, 0.3) is 10.8 Å². The molecular formula is C42H56FN7O7. The van der Waals surface area contributed by atoms with Gasteiger partial charge in [-0.3, -0.25) is 24.1 Å². The second-order valence-corrected chi connectivity index (χ2v) is 16.4. The first kappa shape index (κ1) is 41.7. The Kier molecular flexibility index (Phi) is 13.9. The Morgan fingerprint density at radius 3 is 2.30 bits per heavy atom. The summed E-state index contributed by atoms with van der Waals surface area (Å²) in [6, 6.07) is 10.9. The van der Waals surface area contributed by atoms with Gasteiger partial charge in [0.05, 0.1) is 35.9 Å². The highest BCUT2D eigenvalue weighted by Crippen LogP contribution is 2.27. The van der Waals surface area contributed by atoms with E-state index in [1.165, 1.54) is 6.07 Å². The average molecular weight is 790 g/mol. The van der Waals surface area contributed by atoms with E-state index in [1.54, 1.807) is 54.8 Å². The zero-order chi connectivity index (χ0) is 40.5. The van der Waals surface area contributed by atoms with Crippen LogP contribution in [0.1, 0.15) is 87.3 Å². The Labute approximate surface area is 332 Å². The fourth-order valence-electron chi connectivity index (χ4n) is 8.01. The number of ether oxygens (including phenoxy) is 2. The van der Waals surface area contributed by atoms with Crippen molar-refractivity contribution in [2.45, 2.75) is 89.9 Å². The van der Waals surface area contributed by atoms with Gasteiger partial charge in [-0.05, 0) is 76.1 Å². The summed E-state index contributed by atoms with van der Waals surface area (Å²) in [7, 11) is 0. The molecule has 0 radical (unpaired) electrons. The van der Waals surface area contributed by atoms with Crippen molar-refractivity contribution >= 4 is 34.6 Å². The van der Waals surface area contributed by atoms with Gasteiger partial charge in [-0.2, -0.15) is 5.10 Å². The van der Waals surface area contributed by atoms with E-state index >= 15 is 0 Å². The van der Waals surface area contributed by atoms with Crippen molar-refractivity contribution in [2.75, 3.05) is 59.0 Å². The zero-order valence-electron chi connectivity index (χ0n) is 33.3. The fourth-order valence-corrected chi connectivity index (χ4v) is 8.01. The van der Waals surface area contributed by atoms with E-state index in [9.17, 15) is 28.4 Å². The van der Waals surface area contributed by atoms with Crippen LogP contribution >= 0.6 is 0 Å². The molecule has 3 N–H and O–H groups in total. The summed E-state index contributed by atoms with van der Waals surface area (Å²) in [6.45, 7) is 9.04. The first-order valence-corrected chi connectivity index (χ1v) is 20.3. The van der Waals surface area contributed by atoms with Gasteiger partial charge in [-0.1, -0.05) is 43.5 Å². The number of aromatic nitrogens is 2. The van der Waals surface area contributed by atoms with E-state index in [0.717, 1.165) is 44.9 Å². The Morgan fingerprint density at radius 1 is 0.912 bits per heavy atom. The third-order valence-corrected chi connectivity index (χ3v) is 11.1. The summed E-state index contributed by atoms with van der Waals surface area (Å²) in [5, 5.41) is 13.7. The predicted octanol–water partition coefficient (Wildman–Crippen LogP) is 4.01. The minimum atomic E-state index is -0.658. The summed E-state index contributed by atoms with van der Waals surface area (Å²) in [6.07, 6.45) is 6.23. The van der Waals surface area contributed by atoms with E-state index in [0.29, 0.717) is 80.9 Å². The second-order valence-electron chi connectivity index (χ2n) is 16.4. The van der Waals surface area contributed by atoms with Gasteiger partial charge < -0.3 is 29.9 Å². The van der Waals surface area contributed by atoms with Gasteiger partial charge in [-0.25, -0.2) is 14.3 Å². The summed E-state index contributed by atoms with van der Waals surface area (Å²) < 4.78 is 26.5. The number of alkyl carbamates (subject to hydrolysis) is 1. The lowest BCUT2D eigenvalue weighted by molar-refractivity contribution is -0.134. The number of nitrogens with zero attached hydrogens (tertiary/aromatic N) is 4. The molecule has 14 nitrogen and oxygen atoms in total. The highest BCUT2D eigenvalue weighted by molar-refractivity contribution is 5.95. The minimum absolute atomic E-state index is 0.00880. The molecule has 57 heavy (non-hydrogen) atoms. The molecule has 2 saturated heterocycles. The maximum Gasteiger partial charge on any atom is 0.408 e. The first-order valence-electron chi connectivity index (χ1n) is 20.3. The lowest BCUT2D eigenvalue weighted by Crippen LogP contribution is -2.53. The number of piperidine rings is 1. The molecule has 0 unspecified atom stereocenters. The van der Waals surface area contributed by atoms with Gasteiger partial charge in [0.15, 0.2) is 0 Å². The molecule has 2 aliphatic heterocycles. The van der Waals surface area contributed by atoms with Crippen LogP contribution in [-0.4, -0.2) is 125 Å². The molecule has 0 spiro atoms. The van der Waals surface area contributed by atoms with E-state index in [1.807, 2.05) is 12.1 Å². The topological polar surface area (TPSA) is 166 Å². The third-order valence-electron chi connectivity index (χ3n) is 11.1. The van der Waals surface area contributed by atoms with Crippen molar-refractivity contribution in [3.8, 4) is 0 Å². The van der Waals surface area contributed by atoms with Gasteiger partial charge in [0, 0.05) is 57.6 Å². The van der Waals surface area contributed by atoms with Crippen LogP contribution in [0, 0.1) is 11.7 Å². The smallest absolute Gasteiger partial charge is 0.408 e. The van der Waals surface area contributed by atoms with E-state index in [2.05, 4.69) is 25.7 Å². The fraction of sp³-hybridized carbons (Fsp3) is 0.571. The van der Waals surface area contributed by atoms with Crippen LogP contribution in [0.15, 0.2) is 47.3 Å². The van der Waals surface area contributed by atoms with Crippen molar-refractivity contribution < 1.29 is 33.0 Å². The van der Waals surface area contributed by atoms with Crippen molar-refractivity contribution in [3.63, 3.8) is 0 Å². The summed E-state index contributed by atoms with van der Waals surface area (Å²) in [5.74, 6) is -1.20. The highest BCUT2D eigenvalue weighted by Gasteiger charge is 2.33. The number of hydrogen-bond donors (Lipinski definition) is 3. The molecule has 1 aliphatic carbocycles. The van der Waals surface area contributed by atoms with Crippen LogP contribution in [0.3, 0.4) is 0 Å². The monoisotopic (exact) mass is 789 g/mol. The van der Waals surface area contributed by atoms with Gasteiger partial charge >= 0.3 is 6.09 Å². The number of piperazine rings is 1. The van der Waals surface area contributed by atoms with Crippen LogP contribution in [-0.2, 0) is 25.5 Å². The molecule has 4 amide bonds. The Balaban J connectivity index is 0.903. The first-order chi connectivity index (χ1) is 27.3. The number of H-pyrrole nitrogens is 1. The van der Waals surface area contributed by atoms with Crippen molar-refractivity contribution in [1.82, 2.24) is 35.5 Å². The average Bonchev–Trinajstić information content (AvgIpc) is 3.20. The molecule has 1 aromatic heterocycles. The number of hydrogen-bond acceptors (Lipinski definition) is 9. The molecule has 2 aromatic carbocycles. The van der Waals surface area contributed by atoms with Crippen molar-refractivity contribution in [2.24, 2.45) is 5.92 Å². The quantitative estimate of drug-likeness (QED) is 0.230. The number of rotatable bonds is 12. The molecule has 15 heteroatoms. The number of amides is 4. The minimum Gasteiger partial charge on any atom is -0.444 e. The van der Waals surface area contributed by atoms with Crippen LogP contribution in [0.5, 0.6) is 0 Å². The molecule has 1 saturated carbocycles. The lowest BCUT2D eigenvalue weighted by Gasteiger charge is -2.37. The van der Waals surface area contributed by atoms with Gasteiger partial charge in [0.1, 0.15) is 17.5 Å². The van der Waals surface area contributed by atoms with E-state index in [-0.39, 0.29) is 41.5 Å². The molecule has 3 aliphatic rings. The molecule has 3 aromatic rings. The summed E-state index contributed by atoms with van der Waals surface area (Å²) in [5.41, 5.74) is 0.326. The Bertz CT molecular complexity index is 1940. The zero-order valence-corrected chi connectivity index (χ0v) is 33.3. The molecule has 0 bridgehead atoms. The number of nitrogens with one attached hydrogen (secondary N) is 3. The molecule has 3 fully saturated rings. The molecule has 1 atom stereocenters. The largest absolute Gasteiger partial charge is 0.444 e. The van der Waals surface area contributed by atoms with E-state index < -0.39 is 29.5 Å². The van der Waals surface area contributed by atoms with Crippen LogP contribution < -0.4 is 16.2 Å². The second kappa shape index (κ2) is 19.0. The number of benzene rings is 2. The summed E-state index contributed by atoms with van der Waals surface area (Å²) >= 11 is 0. The Hall–Kier alpha value is -4.89. The van der Waals surface area contributed by atoms with Gasteiger partial charge in [0.25, 0.3) is 11.5 Å². The SMILES string of the molecule is CC(C)(C)OC(=O)N[C@@H](C(=O)NCCOC1CCN(CC(=O)N2CCN(C(=O)c3cc(Cc4n[nH]c(=O)c5ccccc45)ccc3F)CC2)CC1)C1CCCCC1. The number of carbonyl (C=O) groups excluding carboxylic acids is 4. The highest BCUT2D eigenvalue weighted by atomic mass is 19.1. The van der Waals surface area contributed by atoms with Crippen LogP contribution in [0.2, 0.25) is 0 Å². The predicted molar refractivity (Wildman–Crippen MR) is 212 cm³/mol. The molecular weight excluding hydrogens is 734 g/mol. The molecule has 3 heterocycles. The number of halogens is 1. The maximum atomic E-state index is 15.0. The molecule has 308 valence electrons. The third kappa shape index (κ3) is 11.4. The lowest BCUT2D eigenvalue weighted by atomic mass is 9.83. The van der Waals surface area contributed by atoms with Crippen LogP contribution in [0.4, 0.5) is 9.18 Å². The van der Waals surface area contributed by atoms with Crippen molar-refractivity contribution in [3.05, 3.63) is 75.5 Å². The maximum absolute atomic E-state index is 15.0. The van der Waals surface area contributed by atoms with Gasteiger partial charge in [0.2, 0.25) is 11.8 Å². The van der Waals surface area contributed by atoms with Gasteiger partial charge in [-0.15, -0.1) is 0 Å². The molecule has 6 rings (SSSR count). The number of fused-ring (bicyclic) bond motifs is 1. The number of carbonyl (C=O) groups is 4. The summed E-state index contributed by atoms with van der Waals surface area (Å²) in [4.78, 5) is 70.1. The normalized spacial score (nSPS) is 18.0. The standard InChI is InChI=1S/C42H56FN7O7/c1-42(2,3)57-41(55)45-37(29-9-5-4-6-10-29)39(53)44-17-24-56-30-15-18-48(19-16-30)27-36(51)49-20-22-50(23-21-49)40(54)33-25-28(13-14-34(33)43)26-35-31-11-7-8-12-32(31)38(52)47-46-35/h7-8,11-14,25,29-30,37H,4-6,9-10,15-24,26-27H2,1-3H3,(H,44,53)(H,45,55)(H,47,52)/t37-/m1/s1. The number of aromatic amines is 1.